The molecular weight excluding hydrogens is 184 g/mol. The fraction of sp³-hybridized carbons (Fsp3) is 0.889. The van der Waals surface area contributed by atoms with E-state index in [4.69, 9.17) is 20.4 Å². The Kier molecular flexibility index (Phi) is 8.27. The third kappa shape index (κ3) is 9.28. The Bertz CT molecular complexity index is 160. The first-order valence-electron chi connectivity index (χ1n) is 4.82. The van der Waals surface area contributed by atoms with Crippen LogP contribution in [0.15, 0.2) is 5.16 Å². The Morgan fingerprint density at radius 1 is 1.36 bits per heavy atom. The topological polar surface area (TPSA) is 77.1 Å². The Balaban J connectivity index is 3.07. The summed E-state index contributed by atoms with van der Waals surface area (Å²) < 4.78 is 10.5. The monoisotopic (exact) mass is 204 g/mol. The average Bonchev–Trinajstić information content (AvgIpc) is 2.15. The molecule has 0 aliphatic rings. The normalized spacial score (nSPS) is 12.4. The van der Waals surface area contributed by atoms with Gasteiger partial charge in [-0.05, 0) is 20.3 Å². The van der Waals surface area contributed by atoms with Crippen molar-refractivity contribution >= 4 is 5.84 Å². The van der Waals surface area contributed by atoms with E-state index in [0.29, 0.717) is 26.2 Å². The maximum Gasteiger partial charge on any atom is 0.139 e. The van der Waals surface area contributed by atoms with Crippen LogP contribution in [0.2, 0.25) is 0 Å². The molecule has 14 heavy (non-hydrogen) atoms. The summed E-state index contributed by atoms with van der Waals surface area (Å²) in [7, 11) is 0. The van der Waals surface area contributed by atoms with E-state index in [1.165, 1.54) is 0 Å². The Labute approximate surface area is 84.9 Å². The van der Waals surface area contributed by atoms with E-state index in [1.54, 1.807) is 0 Å². The zero-order chi connectivity index (χ0) is 10.8. The molecule has 0 aromatic heterocycles. The summed E-state index contributed by atoms with van der Waals surface area (Å²) in [6.45, 7) is 5.78. The molecule has 0 amide bonds. The van der Waals surface area contributed by atoms with Crippen molar-refractivity contribution in [3.63, 3.8) is 0 Å². The molecule has 5 heteroatoms. The Hall–Kier alpha value is -0.810. The molecule has 0 rings (SSSR count). The Morgan fingerprint density at radius 2 is 2.07 bits per heavy atom. The van der Waals surface area contributed by atoms with E-state index in [9.17, 15) is 0 Å². The largest absolute Gasteiger partial charge is 0.409 e. The van der Waals surface area contributed by atoms with Crippen molar-refractivity contribution in [1.82, 2.24) is 0 Å². The molecule has 0 aromatic carbocycles. The van der Waals surface area contributed by atoms with Crippen LogP contribution in [0.5, 0.6) is 0 Å². The van der Waals surface area contributed by atoms with Crippen molar-refractivity contribution in [3.8, 4) is 0 Å². The lowest BCUT2D eigenvalue weighted by atomic mass is 10.3. The van der Waals surface area contributed by atoms with Crippen LogP contribution in [0.25, 0.3) is 0 Å². The minimum Gasteiger partial charge on any atom is -0.409 e. The number of hydrogen-bond donors (Lipinski definition) is 2. The summed E-state index contributed by atoms with van der Waals surface area (Å²) in [4.78, 5) is 0. The fourth-order valence-electron chi connectivity index (χ4n) is 0.850. The van der Waals surface area contributed by atoms with Gasteiger partial charge in [0.05, 0.1) is 19.3 Å². The summed E-state index contributed by atoms with van der Waals surface area (Å²) in [5, 5.41) is 11.1. The number of amidine groups is 1. The number of ether oxygens (including phenoxy) is 2. The second-order valence-electron chi connectivity index (χ2n) is 3.23. The smallest absolute Gasteiger partial charge is 0.139 e. The van der Waals surface area contributed by atoms with Crippen molar-refractivity contribution in [1.29, 1.82) is 0 Å². The number of hydrogen-bond acceptors (Lipinski definition) is 4. The summed E-state index contributed by atoms with van der Waals surface area (Å²) in [6.07, 6.45) is 1.56. The SMILES string of the molecule is CC(C)OCCOCCC/C(N)=N/O. The van der Waals surface area contributed by atoms with E-state index in [2.05, 4.69) is 5.16 Å². The van der Waals surface area contributed by atoms with E-state index < -0.39 is 0 Å². The molecule has 3 N–H and O–H groups in total. The van der Waals surface area contributed by atoms with Crippen LogP contribution >= 0.6 is 0 Å². The van der Waals surface area contributed by atoms with Gasteiger partial charge in [0.2, 0.25) is 0 Å². The van der Waals surface area contributed by atoms with Crippen LogP contribution in [0, 0.1) is 0 Å². The molecule has 0 radical (unpaired) electrons. The summed E-state index contributed by atoms with van der Waals surface area (Å²) in [6, 6.07) is 0. The molecule has 0 fully saturated rings. The number of nitrogens with two attached hydrogens (primary N) is 1. The van der Waals surface area contributed by atoms with Crippen molar-refractivity contribution in [2.24, 2.45) is 10.9 Å². The van der Waals surface area contributed by atoms with E-state index in [-0.39, 0.29) is 11.9 Å². The van der Waals surface area contributed by atoms with Crippen LogP contribution in [0.1, 0.15) is 26.7 Å². The van der Waals surface area contributed by atoms with Crippen molar-refractivity contribution in [2.45, 2.75) is 32.8 Å². The highest BCUT2D eigenvalue weighted by molar-refractivity contribution is 5.79. The molecule has 0 aromatic rings. The van der Waals surface area contributed by atoms with Gasteiger partial charge >= 0.3 is 0 Å². The van der Waals surface area contributed by atoms with Crippen molar-refractivity contribution < 1.29 is 14.7 Å². The lowest BCUT2D eigenvalue weighted by Crippen LogP contribution is -2.13. The number of oxime groups is 1. The molecule has 0 aliphatic carbocycles. The van der Waals surface area contributed by atoms with Crippen LogP contribution in [-0.2, 0) is 9.47 Å². The van der Waals surface area contributed by atoms with Crippen LogP contribution in [0.3, 0.4) is 0 Å². The summed E-state index contributed by atoms with van der Waals surface area (Å²) in [5.74, 6) is 0.243. The lowest BCUT2D eigenvalue weighted by molar-refractivity contribution is 0.0193. The molecule has 0 unspecified atom stereocenters. The standard InChI is InChI=1S/C9H20N2O3/c1-8(2)14-7-6-13-5-3-4-9(10)11-12/h8,12H,3-7H2,1-2H3,(H2,10,11). The quantitative estimate of drug-likeness (QED) is 0.203. The highest BCUT2D eigenvalue weighted by Crippen LogP contribution is 1.91. The van der Waals surface area contributed by atoms with Gasteiger partial charge in [-0.15, -0.1) is 0 Å². The first-order valence-corrected chi connectivity index (χ1v) is 4.82. The second kappa shape index (κ2) is 8.77. The maximum absolute atomic E-state index is 8.24. The maximum atomic E-state index is 8.24. The predicted octanol–water partition coefficient (Wildman–Crippen LogP) is 0.955. The van der Waals surface area contributed by atoms with Crippen LogP contribution in [0.4, 0.5) is 0 Å². The van der Waals surface area contributed by atoms with Gasteiger partial charge in [-0.25, -0.2) is 0 Å². The molecule has 0 heterocycles. The van der Waals surface area contributed by atoms with E-state index >= 15 is 0 Å². The molecule has 0 aliphatic heterocycles. The highest BCUT2D eigenvalue weighted by Gasteiger charge is 1.95. The van der Waals surface area contributed by atoms with Gasteiger partial charge in [0.1, 0.15) is 5.84 Å². The lowest BCUT2D eigenvalue weighted by Gasteiger charge is -2.07. The highest BCUT2D eigenvalue weighted by atomic mass is 16.5. The predicted molar refractivity (Wildman–Crippen MR) is 54.5 cm³/mol. The zero-order valence-corrected chi connectivity index (χ0v) is 8.90. The molecule has 0 saturated carbocycles. The van der Waals surface area contributed by atoms with Gasteiger partial charge in [0, 0.05) is 13.0 Å². The van der Waals surface area contributed by atoms with Crippen molar-refractivity contribution in [3.05, 3.63) is 0 Å². The van der Waals surface area contributed by atoms with E-state index in [0.717, 1.165) is 6.42 Å². The third-order valence-corrected chi connectivity index (χ3v) is 1.53. The van der Waals surface area contributed by atoms with Crippen LogP contribution in [-0.4, -0.2) is 37.0 Å². The van der Waals surface area contributed by atoms with Crippen LogP contribution < -0.4 is 5.73 Å². The fourth-order valence-corrected chi connectivity index (χ4v) is 0.850. The van der Waals surface area contributed by atoms with Gasteiger partial charge in [-0.3, -0.25) is 0 Å². The minimum absolute atomic E-state index is 0.243. The zero-order valence-electron chi connectivity index (χ0n) is 8.90. The summed E-state index contributed by atoms with van der Waals surface area (Å²) >= 11 is 0. The van der Waals surface area contributed by atoms with Gasteiger partial charge in [-0.1, -0.05) is 5.16 Å². The Morgan fingerprint density at radius 3 is 2.64 bits per heavy atom. The molecule has 0 saturated heterocycles. The number of rotatable bonds is 8. The third-order valence-electron chi connectivity index (χ3n) is 1.53. The number of nitrogens with zero attached hydrogens (tertiary/aromatic N) is 1. The summed E-state index contributed by atoms with van der Waals surface area (Å²) in [5.41, 5.74) is 5.27. The second-order valence-corrected chi connectivity index (χ2v) is 3.23. The first kappa shape index (κ1) is 13.2. The molecule has 0 spiro atoms. The van der Waals surface area contributed by atoms with Gasteiger partial charge in [0.25, 0.3) is 0 Å². The first-order chi connectivity index (χ1) is 6.66. The van der Waals surface area contributed by atoms with Crippen molar-refractivity contribution in [2.75, 3.05) is 19.8 Å². The molecular formula is C9H20N2O3. The van der Waals surface area contributed by atoms with Gasteiger partial charge < -0.3 is 20.4 Å². The molecule has 5 nitrogen and oxygen atoms in total. The molecule has 0 bridgehead atoms. The minimum atomic E-state index is 0.243. The van der Waals surface area contributed by atoms with E-state index in [1.807, 2.05) is 13.8 Å². The average molecular weight is 204 g/mol. The molecule has 0 atom stereocenters. The van der Waals surface area contributed by atoms with Gasteiger partial charge in [0.15, 0.2) is 0 Å². The van der Waals surface area contributed by atoms with Gasteiger partial charge in [-0.2, -0.15) is 0 Å². The molecule has 84 valence electrons.